The highest BCUT2D eigenvalue weighted by Crippen LogP contribution is 2.28. The molecule has 2 aromatic heterocycles. The molecule has 1 unspecified atom stereocenters. The molecule has 104 valence electrons. The van der Waals surface area contributed by atoms with Crippen LogP contribution in [0.4, 0.5) is 0 Å². The van der Waals surface area contributed by atoms with Gasteiger partial charge in [-0.1, -0.05) is 6.92 Å². The first-order chi connectivity index (χ1) is 9.12. The van der Waals surface area contributed by atoms with E-state index in [0.717, 1.165) is 34.5 Å². The van der Waals surface area contributed by atoms with Gasteiger partial charge in [0, 0.05) is 13.6 Å². The molecule has 19 heavy (non-hydrogen) atoms. The van der Waals surface area contributed by atoms with Gasteiger partial charge in [-0.25, -0.2) is 5.43 Å². The van der Waals surface area contributed by atoms with Crippen LogP contribution in [0.25, 0.3) is 0 Å². The van der Waals surface area contributed by atoms with Crippen molar-refractivity contribution in [2.75, 3.05) is 0 Å². The first-order valence-corrected chi connectivity index (χ1v) is 7.11. The number of hydrogen-bond acceptors (Lipinski definition) is 4. The summed E-state index contributed by atoms with van der Waals surface area (Å²) in [6.45, 7) is 4.97. The van der Waals surface area contributed by atoms with Crippen molar-refractivity contribution in [1.29, 1.82) is 0 Å². The second-order valence-corrected chi connectivity index (χ2v) is 5.19. The fourth-order valence-electron chi connectivity index (χ4n) is 2.19. The quantitative estimate of drug-likeness (QED) is 0.645. The third-order valence-corrected chi connectivity index (χ3v) is 3.81. The van der Waals surface area contributed by atoms with Crippen LogP contribution in [0.3, 0.4) is 0 Å². The van der Waals surface area contributed by atoms with Gasteiger partial charge in [-0.15, -0.1) is 0 Å². The molecule has 6 nitrogen and oxygen atoms in total. The molecule has 0 bridgehead atoms. The number of nitrogens with two attached hydrogens (primary N) is 1. The largest absolute Gasteiger partial charge is 0.270 e. The van der Waals surface area contributed by atoms with Crippen molar-refractivity contribution in [1.82, 2.24) is 25.0 Å². The van der Waals surface area contributed by atoms with Crippen molar-refractivity contribution in [2.24, 2.45) is 12.9 Å². The average Bonchev–Trinajstić information content (AvgIpc) is 2.97. The van der Waals surface area contributed by atoms with Gasteiger partial charge in [0.05, 0.1) is 27.8 Å². The van der Waals surface area contributed by atoms with Crippen LogP contribution < -0.4 is 11.3 Å². The average molecular weight is 327 g/mol. The predicted octanol–water partition coefficient (Wildman–Crippen LogP) is 1.51. The van der Waals surface area contributed by atoms with E-state index >= 15 is 0 Å². The van der Waals surface area contributed by atoms with Gasteiger partial charge in [-0.05, 0) is 35.3 Å². The highest BCUT2D eigenvalue weighted by molar-refractivity contribution is 9.10. The Morgan fingerprint density at radius 1 is 1.47 bits per heavy atom. The van der Waals surface area contributed by atoms with E-state index in [2.05, 4.69) is 51.5 Å². The van der Waals surface area contributed by atoms with Gasteiger partial charge in [0.1, 0.15) is 6.04 Å². The summed E-state index contributed by atoms with van der Waals surface area (Å²) in [7, 11) is 1.90. The van der Waals surface area contributed by atoms with Crippen molar-refractivity contribution < 1.29 is 0 Å². The van der Waals surface area contributed by atoms with Crippen LogP contribution in [-0.2, 0) is 20.0 Å². The van der Waals surface area contributed by atoms with E-state index in [-0.39, 0.29) is 6.04 Å². The Hall–Kier alpha value is -1.18. The number of nitrogens with zero attached hydrogens (tertiary/aromatic N) is 4. The number of aryl methyl sites for hydroxylation is 3. The highest BCUT2D eigenvalue weighted by Gasteiger charge is 2.23. The second-order valence-electron chi connectivity index (χ2n) is 4.33. The maximum Gasteiger partial charge on any atom is 0.106 e. The van der Waals surface area contributed by atoms with Crippen molar-refractivity contribution in [2.45, 2.75) is 32.9 Å². The van der Waals surface area contributed by atoms with E-state index in [1.807, 2.05) is 16.4 Å². The Kier molecular flexibility index (Phi) is 4.38. The minimum absolute atomic E-state index is 0.144. The standard InChI is InChI=1S/C12H19BrN6/c1-4-8-6-10(19(5-2)17-8)11(16-14)12-9(13)7-15-18(12)3/h6-7,11,16H,4-5,14H2,1-3H3. The molecule has 7 heteroatoms. The number of halogens is 1. The molecule has 0 aromatic carbocycles. The molecule has 0 aliphatic heterocycles. The van der Waals surface area contributed by atoms with Crippen LogP contribution in [0.15, 0.2) is 16.7 Å². The molecule has 2 aromatic rings. The zero-order chi connectivity index (χ0) is 14.0. The molecule has 0 saturated carbocycles. The molecule has 0 spiro atoms. The second kappa shape index (κ2) is 5.85. The van der Waals surface area contributed by atoms with E-state index in [1.54, 1.807) is 6.20 Å². The topological polar surface area (TPSA) is 73.7 Å². The normalized spacial score (nSPS) is 12.9. The van der Waals surface area contributed by atoms with Crippen LogP contribution in [0, 0.1) is 0 Å². The van der Waals surface area contributed by atoms with E-state index in [9.17, 15) is 0 Å². The third-order valence-electron chi connectivity index (χ3n) is 3.20. The number of nitrogens with one attached hydrogen (secondary N) is 1. The van der Waals surface area contributed by atoms with Gasteiger partial charge in [0.25, 0.3) is 0 Å². The zero-order valence-corrected chi connectivity index (χ0v) is 13.0. The number of hydrazine groups is 1. The first kappa shape index (κ1) is 14.2. The molecule has 0 aliphatic carbocycles. The molecule has 0 radical (unpaired) electrons. The summed E-state index contributed by atoms with van der Waals surface area (Å²) in [4.78, 5) is 0. The van der Waals surface area contributed by atoms with Crippen molar-refractivity contribution >= 4 is 15.9 Å². The lowest BCUT2D eigenvalue weighted by atomic mass is 10.1. The summed E-state index contributed by atoms with van der Waals surface area (Å²) in [5.74, 6) is 5.76. The number of hydrogen-bond donors (Lipinski definition) is 2. The summed E-state index contributed by atoms with van der Waals surface area (Å²) in [5, 5.41) is 8.80. The smallest absolute Gasteiger partial charge is 0.106 e. The van der Waals surface area contributed by atoms with Crippen molar-refractivity contribution in [3.8, 4) is 0 Å². The Balaban J connectivity index is 2.50. The number of aromatic nitrogens is 4. The summed E-state index contributed by atoms with van der Waals surface area (Å²) < 4.78 is 4.72. The van der Waals surface area contributed by atoms with Gasteiger partial charge < -0.3 is 0 Å². The molecule has 0 fully saturated rings. The molecular formula is C12H19BrN6. The maximum atomic E-state index is 5.76. The van der Waals surface area contributed by atoms with Crippen molar-refractivity contribution in [3.63, 3.8) is 0 Å². The monoisotopic (exact) mass is 326 g/mol. The Morgan fingerprint density at radius 2 is 2.21 bits per heavy atom. The van der Waals surface area contributed by atoms with Crippen LogP contribution in [0.2, 0.25) is 0 Å². The fourth-order valence-corrected chi connectivity index (χ4v) is 2.77. The van der Waals surface area contributed by atoms with E-state index in [1.165, 1.54) is 0 Å². The summed E-state index contributed by atoms with van der Waals surface area (Å²) in [6, 6.07) is 1.95. The molecule has 0 aliphatic rings. The Bertz CT molecular complexity index is 539. The van der Waals surface area contributed by atoms with E-state index < -0.39 is 0 Å². The molecular weight excluding hydrogens is 308 g/mol. The summed E-state index contributed by atoms with van der Waals surface area (Å²) in [6.07, 6.45) is 2.68. The highest BCUT2D eigenvalue weighted by atomic mass is 79.9. The lowest BCUT2D eigenvalue weighted by molar-refractivity contribution is 0.513. The van der Waals surface area contributed by atoms with Gasteiger partial charge in [0.2, 0.25) is 0 Å². The molecule has 1 atom stereocenters. The molecule has 2 heterocycles. The van der Waals surface area contributed by atoms with Gasteiger partial charge >= 0.3 is 0 Å². The van der Waals surface area contributed by atoms with E-state index in [4.69, 9.17) is 5.84 Å². The van der Waals surface area contributed by atoms with E-state index in [0.29, 0.717) is 0 Å². The minimum atomic E-state index is -0.144. The fraction of sp³-hybridized carbons (Fsp3) is 0.500. The van der Waals surface area contributed by atoms with Gasteiger partial charge in [-0.3, -0.25) is 15.2 Å². The molecule has 0 saturated heterocycles. The lowest BCUT2D eigenvalue weighted by Crippen LogP contribution is -2.32. The summed E-state index contributed by atoms with van der Waals surface area (Å²) in [5.41, 5.74) is 5.96. The first-order valence-electron chi connectivity index (χ1n) is 6.32. The number of rotatable bonds is 5. The Morgan fingerprint density at radius 3 is 2.68 bits per heavy atom. The molecule has 3 N–H and O–H groups in total. The molecule has 0 amide bonds. The van der Waals surface area contributed by atoms with Crippen LogP contribution >= 0.6 is 15.9 Å². The van der Waals surface area contributed by atoms with Gasteiger partial charge in [-0.2, -0.15) is 10.2 Å². The lowest BCUT2D eigenvalue weighted by Gasteiger charge is -2.18. The van der Waals surface area contributed by atoms with Crippen LogP contribution in [-0.4, -0.2) is 19.6 Å². The zero-order valence-electron chi connectivity index (χ0n) is 11.4. The van der Waals surface area contributed by atoms with Crippen LogP contribution in [0.1, 0.15) is 37.0 Å². The minimum Gasteiger partial charge on any atom is -0.270 e. The third kappa shape index (κ3) is 2.58. The molecule has 2 rings (SSSR count). The van der Waals surface area contributed by atoms with Gasteiger partial charge in [0.15, 0.2) is 0 Å². The summed E-state index contributed by atoms with van der Waals surface area (Å²) >= 11 is 3.52. The predicted molar refractivity (Wildman–Crippen MR) is 77.4 cm³/mol. The van der Waals surface area contributed by atoms with Crippen molar-refractivity contribution in [3.05, 3.63) is 33.8 Å². The SMILES string of the molecule is CCc1cc(C(NN)c2c(Br)cnn2C)n(CC)n1. The Labute approximate surface area is 121 Å². The van der Waals surface area contributed by atoms with Crippen LogP contribution in [0.5, 0.6) is 0 Å². The maximum absolute atomic E-state index is 5.76.